The maximum atomic E-state index is 8.15. The van der Waals surface area contributed by atoms with Gasteiger partial charge in [-0.25, -0.2) is 0 Å². The van der Waals surface area contributed by atoms with Gasteiger partial charge in [0.15, 0.2) is 33.3 Å². The third-order valence-electron chi connectivity index (χ3n) is 9.83. The highest BCUT2D eigenvalue weighted by Crippen LogP contribution is 2.44. The molecule has 0 aromatic carbocycles. The minimum atomic E-state index is -3.54. The summed E-state index contributed by atoms with van der Waals surface area (Å²) in [7, 11) is -12.3. The van der Waals surface area contributed by atoms with Crippen molar-refractivity contribution in [3.63, 3.8) is 0 Å². The summed E-state index contributed by atoms with van der Waals surface area (Å²) in [5.41, 5.74) is 0. The lowest BCUT2D eigenvalue weighted by atomic mass is 10.6. The largest absolute Gasteiger partial charge is 0.637 e. The van der Waals surface area contributed by atoms with Crippen molar-refractivity contribution in [2.75, 3.05) is 0 Å². The first-order valence-electron chi connectivity index (χ1n) is 20.4. The van der Waals surface area contributed by atoms with Gasteiger partial charge in [-0.2, -0.15) is 0 Å². The molecule has 45 heavy (non-hydrogen) atoms. The highest BCUT2D eigenvalue weighted by atomic mass is 28.5. The predicted molar refractivity (Wildman–Crippen MR) is 214 cm³/mol. The van der Waals surface area contributed by atoms with E-state index in [9.17, 15) is 0 Å². The molecule has 0 aliphatic heterocycles. The lowest BCUT2D eigenvalue weighted by Gasteiger charge is -2.51. The summed E-state index contributed by atoms with van der Waals surface area (Å²) >= 11 is 0. The first kappa shape index (κ1) is 45.9. The Morgan fingerprint density at radius 3 is 0.422 bits per heavy atom. The van der Waals surface area contributed by atoms with E-state index in [-0.39, 0.29) is 0 Å². The van der Waals surface area contributed by atoms with E-state index in [1.165, 1.54) is 150 Å². The second kappa shape index (κ2) is 25.0. The van der Waals surface area contributed by atoms with E-state index in [0.717, 1.165) is 0 Å². The first-order valence-corrected chi connectivity index (χ1v) is 32.1. The molecule has 272 valence electrons. The summed E-state index contributed by atoms with van der Waals surface area (Å²) < 4.78 is 32.6. The quantitative estimate of drug-likeness (QED) is 0.0648. The molecule has 0 aromatic rings. The van der Waals surface area contributed by atoms with Crippen LogP contribution in [0.25, 0.3) is 0 Å². The van der Waals surface area contributed by atoms with E-state index in [0.29, 0.717) is 0 Å². The molecule has 0 rings (SSSR count). The smallest absolute Gasteiger partial charge is 0.395 e. The van der Waals surface area contributed by atoms with E-state index in [1.54, 1.807) is 0 Å². The van der Waals surface area contributed by atoms with Gasteiger partial charge < -0.3 is 16.5 Å². The molecule has 0 aliphatic rings. The molecule has 0 atom stereocenters. The summed E-state index contributed by atoms with van der Waals surface area (Å²) in [4.78, 5) is 0. The summed E-state index contributed by atoms with van der Waals surface area (Å²) in [6.45, 7) is 28.5. The number of rotatable bonds is 32. The Morgan fingerprint density at radius 2 is 0.333 bits per heavy atom. The van der Waals surface area contributed by atoms with Gasteiger partial charge in [0.1, 0.15) is 0 Å². The van der Waals surface area contributed by atoms with Crippen LogP contribution in [0.4, 0.5) is 0 Å². The van der Waals surface area contributed by atoms with Gasteiger partial charge in [-0.15, -0.1) is 0 Å². The Balaban J connectivity index is 8.09. The van der Waals surface area contributed by atoms with Crippen molar-refractivity contribution in [3.05, 3.63) is 0 Å². The summed E-state index contributed by atoms with van der Waals surface area (Å²) in [5, 5.41) is 0. The van der Waals surface area contributed by atoms with Crippen LogP contribution in [0.2, 0.25) is 72.5 Å². The van der Waals surface area contributed by atoms with Crippen molar-refractivity contribution in [1.82, 2.24) is 0 Å². The van der Waals surface area contributed by atoms with Crippen molar-refractivity contribution in [1.29, 1.82) is 0 Å². The molecule has 0 saturated heterocycles. The molecule has 0 fully saturated rings. The third kappa shape index (κ3) is 15.6. The maximum Gasteiger partial charge on any atom is 0.637 e. The lowest BCUT2D eigenvalue weighted by molar-refractivity contribution is 0.136. The van der Waals surface area contributed by atoms with Gasteiger partial charge in [-0.1, -0.05) is 160 Å². The van der Waals surface area contributed by atoms with Crippen molar-refractivity contribution in [3.8, 4) is 0 Å². The normalized spacial score (nSPS) is 13.6. The Labute approximate surface area is 290 Å². The average Bonchev–Trinajstić information content (AvgIpc) is 2.94. The van der Waals surface area contributed by atoms with E-state index in [2.05, 4.69) is 83.1 Å². The zero-order valence-electron chi connectivity index (χ0n) is 33.1. The molecule has 4 nitrogen and oxygen atoms in total. The van der Waals surface area contributed by atoms with E-state index < -0.39 is 42.3 Å². The maximum absolute atomic E-state index is 8.15. The lowest BCUT2D eigenvalue weighted by Crippen LogP contribution is -2.69. The fourth-order valence-corrected chi connectivity index (χ4v) is 39.3. The van der Waals surface area contributed by atoms with Crippen LogP contribution in [-0.2, 0) is 16.5 Å². The minimum Gasteiger partial charge on any atom is -0.395 e. The molecule has 0 unspecified atom stereocenters. The highest BCUT2D eigenvalue weighted by Gasteiger charge is 2.62. The molecule has 0 aromatic heterocycles. The third-order valence-corrected chi connectivity index (χ3v) is 37.7. The molecule has 0 amide bonds. The second-order valence-electron chi connectivity index (χ2n) is 14.6. The monoisotopic (exact) mass is 721 g/mol. The van der Waals surface area contributed by atoms with Crippen molar-refractivity contribution >= 4 is 42.3 Å². The van der Waals surface area contributed by atoms with Crippen molar-refractivity contribution in [2.45, 2.75) is 233 Å². The Bertz CT molecular complexity index is 525. The molecule has 0 bridgehead atoms. The van der Waals surface area contributed by atoms with Gasteiger partial charge in [0, 0.05) is 0 Å². The Hall–Kier alpha value is 0.924. The van der Waals surface area contributed by atoms with Crippen LogP contribution in [0, 0.1) is 0 Å². The predicted octanol–water partition coefficient (Wildman–Crippen LogP) is 14.2. The van der Waals surface area contributed by atoms with E-state index in [1.807, 2.05) is 0 Å². The van der Waals surface area contributed by atoms with Crippen LogP contribution in [0.15, 0.2) is 0 Å². The van der Waals surface area contributed by atoms with Gasteiger partial charge in [-0.05, 0) is 72.5 Å². The summed E-state index contributed by atoms with van der Waals surface area (Å²) in [6, 6.07) is 14.5. The van der Waals surface area contributed by atoms with E-state index >= 15 is 0 Å². The minimum absolute atomic E-state index is 1.18. The van der Waals surface area contributed by atoms with Crippen LogP contribution in [0.5, 0.6) is 0 Å². The van der Waals surface area contributed by atoms with Crippen LogP contribution in [-0.4, -0.2) is 42.3 Å². The van der Waals surface area contributed by atoms with Crippen molar-refractivity contribution in [2.24, 2.45) is 0 Å². The zero-order chi connectivity index (χ0) is 34.3. The first-order chi connectivity index (χ1) is 21.6. The number of hydrogen-bond donors (Lipinski definition) is 0. The standard InChI is InChI=1S/C36H84O4Si5/c1-13-25-41(26-14-2,27-15-3)37-45(38-42(28-16-4,29-17-5)30-18-6,39-43(31-19-7,32-20-8)33-21-9)40-44(34-22-10,35-23-11)36-24-12/h13-36H2,1-12H3. The van der Waals surface area contributed by atoms with Crippen LogP contribution < -0.4 is 0 Å². The molecular weight excluding hydrogens is 637 g/mol. The fraction of sp³-hybridized carbons (Fsp3) is 1.00. The Morgan fingerprint density at radius 1 is 0.222 bits per heavy atom. The molecule has 0 radical (unpaired) electrons. The molecule has 0 spiro atoms. The molecule has 0 N–H and O–H groups in total. The SMILES string of the molecule is CCC[Si](CCC)(CCC)O[Si](O[Si](CCC)(CCC)CCC)(O[Si](CCC)(CCC)CCC)O[Si](CCC)(CCC)CCC. The van der Waals surface area contributed by atoms with Gasteiger partial charge in [-0.3, -0.25) is 0 Å². The Kier molecular flexibility index (Phi) is 25.5. The molecule has 0 heterocycles. The molecule has 0 aliphatic carbocycles. The van der Waals surface area contributed by atoms with Crippen LogP contribution in [0.1, 0.15) is 160 Å². The highest BCUT2D eigenvalue weighted by molar-refractivity contribution is 6.93. The summed E-state index contributed by atoms with van der Waals surface area (Å²) in [6.07, 6.45) is 14.2. The number of hydrogen-bond acceptors (Lipinski definition) is 4. The van der Waals surface area contributed by atoms with Crippen LogP contribution in [0.3, 0.4) is 0 Å². The van der Waals surface area contributed by atoms with Gasteiger partial charge in [0.25, 0.3) is 0 Å². The zero-order valence-corrected chi connectivity index (χ0v) is 38.1. The van der Waals surface area contributed by atoms with Gasteiger partial charge in [0.2, 0.25) is 0 Å². The molecular formula is C36H84O4Si5. The molecule has 9 heteroatoms. The van der Waals surface area contributed by atoms with Crippen molar-refractivity contribution < 1.29 is 16.5 Å². The van der Waals surface area contributed by atoms with Gasteiger partial charge >= 0.3 is 9.05 Å². The second-order valence-corrected chi connectivity index (χ2v) is 34.4. The average molecular weight is 721 g/mol. The van der Waals surface area contributed by atoms with Gasteiger partial charge in [0.05, 0.1) is 0 Å². The van der Waals surface area contributed by atoms with E-state index in [4.69, 9.17) is 16.5 Å². The topological polar surface area (TPSA) is 36.9 Å². The summed E-state index contributed by atoms with van der Waals surface area (Å²) in [5.74, 6) is 0. The fourth-order valence-electron chi connectivity index (χ4n) is 8.77. The van der Waals surface area contributed by atoms with Crippen LogP contribution >= 0.6 is 0 Å². The molecule has 0 saturated carbocycles.